The van der Waals surface area contributed by atoms with Gasteiger partial charge in [0.2, 0.25) is 0 Å². The Morgan fingerprint density at radius 1 is 1.36 bits per heavy atom. The van der Waals surface area contributed by atoms with E-state index < -0.39 is 11.6 Å². The minimum absolute atomic E-state index is 0.204. The Kier molecular flexibility index (Phi) is 5.13. The summed E-state index contributed by atoms with van der Waals surface area (Å²) in [6.45, 7) is 7.69. The zero-order valence-corrected chi connectivity index (χ0v) is 9.58. The second-order valence-corrected chi connectivity index (χ2v) is 4.15. The molecule has 0 bridgehead atoms. The number of carbonyl (C=O) groups is 1. The molecule has 3 nitrogen and oxygen atoms in total. The first-order chi connectivity index (χ1) is 6.40. The fourth-order valence-electron chi connectivity index (χ4n) is 1.73. The molecule has 14 heavy (non-hydrogen) atoms. The number of aliphatic hydroxyl groups is 1. The van der Waals surface area contributed by atoms with E-state index in [0.29, 0.717) is 12.8 Å². The maximum atomic E-state index is 11.0. The quantitative estimate of drug-likeness (QED) is 0.694. The number of carboxylic acids is 1. The topological polar surface area (TPSA) is 57.5 Å². The average molecular weight is 202 g/mol. The third-order valence-electron chi connectivity index (χ3n) is 3.25. The predicted octanol–water partition coefficient (Wildman–Crippen LogP) is 2.28. The minimum atomic E-state index is -1.55. The highest BCUT2D eigenvalue weighted by atomic mass is 16.4. The van der Waals surface area contributed by atoms with E-state index >= 15 is 0 Å². The summed E-state index contributed by atoms with van der Waals surface area (Å²) in [5.74, 6) is -1.07. The predicted molar refractivity (Wildman–Crippen MR) is 56.1 cm³/mol. The largest absolute Gasteiger partial charge is 0.479 e. The van der Waals surface area contributed by atoms with Crippen molar-refractivity contribution in [3.8, 4) is 0 Å². The highest BCUT2D eigenvalue weighted by molar-refractivity contribution is 5.77. The van der Waals surface area contributed by atoms with E-state index in [-0.39, 0.29) is 11.8 Å². The first-order valence-corrected chi connectivity index (χ1v) is 5.35. The van der Waals surface area contributed by atoms with Gasteiger partial charge in [0.1, 0.15) is 0 Å². The molecule has 3 heteroatoms. The molecule has 3 unspecified atom stereocenters. The maximum Gasteiger partial charge on any atom is 0.335 e. The van der Waals surface area contributed by atoms with Crippen LogP contribution in [0.15, 0.2) is 0 Å². The van der Waals surface area contributed by atoms with Crippen molar-refractivity contribution in [1.29, 1.82) is 0 Å². The van der Waals surface area contributed by atoms with Gasteiger partial charge < -0.3 is 10.2 Å². The summed E-state index contributed by atoms with van der Waals surface area (Å²) in [5, 5.41) is 19.1. The van der Waals surface area contributed by atoms with Gasteiger partial charge in [-0.15, -0.1) is 0 Å². The van der Waals surface area contributed by atoms with Crippen LogP contribution in [-0.2, 0) is 4.79 Å². The van der Waals surface area contributed by atoms with E-state index in [2.05, 4.69) is 0 Å². The Balaban J connectivity index is 4.72. The second kappa shape index (κ2) is 5.35. The zero-order chi connectivity index (χ0) is 11.4. The Morgan fingerprint density at radius 2 is 1.86 bits per heavy atom. The lowest BCUT2D eigenvalue weighted by molar-refractivity contribution is -0.167. The van der Waals surface area contributed by atoms with E-state index in [1.807, 2.05) is 27.7 Å². The molecule has 0 fully saturated rings. The van der Waals surface area contributed by atoms with Crippen molar-refractivity contribution in [3.63, 3.8) is 0 Å². The lowest BCUT2D eigenvalue weighted by atomic mass is 9.76. The minimum Gasteiger partial charge on any atom is -0.479 e. The van der Waals surface area contributed by atoms with Crippen molar-refractivity contribution >= 4 is 5.97 Å². The number of aliphatic carboxylic acids is 1. The van der Waals surface area contributed by atoms with Crippen molar-refractivity contribution < 1.29 is 15.0 Å². The molecule has 0 rings (SSSR count). The van der Waals surface area contributed by atoms with Gasteiger partial charge in [0, 0.05) is 0 Å². The second-order valence-electron chi connectivity index (χ2n) is 4.15. The molecule has 0 spiro atoms. The Bertz CT molecular complexity index is 191. The van der Waals surface area contributed by atoms with Gasteiger partial charge >= 0.3 is 5.97 Å². The normalized spacial score (nSPS) is 19.8. The molecule has 0 heterocycles. The summed E-state index contributed by atoms with van der Waals surface area (Å²) in [7, 11) is 0. The van der Waals surface area contributed by atoms with Crippen molar-refractivity contribution in [2.75, 3.05) is 0 Å². The lowest BCUT2D eigenvalue weighted by Gasteiger charge is -2.33. The molecule has 0 amide bonds. The Morgan fingerprint density at radius 3 is 2.14 bits per heavy atom. The van der Waals surface area contributed by atoms with Gasteiger partial charge in [-0.1, -0.05) is 40.5 Å². The van der Waals surface area contributed by atoms with Gasteiger partial charge in [0.15, 0.2) is 5.60 Å². The van der Waals surface area contributed by atoms with E-state index in [4.69, 9.17) is 5.11 Å². The maximum absolute atomic E-state index is 11.0. The summed E-state index contributed by atoms with van der Waals surface area (Å²) in [4.78, 5) is 11.0. The smallest absolute Gasteiger partial charge is 0.335 e. The van der Waals surface area contributed by atoms with Crippen LogP contribution in [0, 0.1) is 11.8 Å². The molecule has 2 N–H and O–H groups in total. The van der Waals surface area contributed by atoms with Crippen LogP contribution in [-0.4, -0.2) is 21.8 Å². The molecular weight excluding hydrogens is 180 g/mol. The molecule has 0 aromatic heterocycles. The highest BCUT2D eigenvalue weighted by Gasteiger charge is 2.42. The molecule has 3 atom stereocenters. The number of hydrogen-bond acceptors (Lipinski definition) is 2. The van der Waals surface area contributed by atoms with Crippen LogP contribution >= 0.6 is 0 Å². The molecule has 0 aromatic carbocycles. The van der Waals surface area contributed by atoms with Gasteiger partial charge in [-0.25, -0.2) is 4.79 Å². The third kappa shape index (κ3) is 2.71. The van der Waals surface area contributed by atoms with Crippen molar-refractivity contribution in [3.05, 3.63) is 0 Å². The summed E-state index contributed by atoms with van der Waals surface area (Å²) < 4.78 is 0. The molecule has 0 aliphatic heterocycles. The van der Waals surface area contributed by atoms with Crippen LogP contribution < -0.4 is 0 Å². The highest BCUT2D eigenvalue weighted by Crippen LogP contribution is 2.31. The molecule has 0 aliphatic carbocycles. The molecule has 0 radical (unpaired) electrons. The molecule has 0 saturated heterocycles. The van der Waals surface area contributed by atoms with Crippen molar-refractivity contribution in [1.82, 2.24) is 0 Å². The Labute approximate surface area is 86.1 Å². The van der Waals surface area contributed by atoms with E-state index in [1.54, 1.807) is 0 Å². The Hall–Kier alpha value is -0.570. The summed E-state index contributed by atoms with van der Waals surface area (Å²) in [6.07, 6.45) is 1.90. The van der Waals surface area contributed by atoms with Crippen molar-refractivity contribution in [2.45, 2.75) is 52.6 Å². The number of rotatable bonds is 6. The third-order valence-corrected chi connectivity index (χ3v) is 3.25. The van der Waals surface area contributed by atoms with Crippen LogP contribution in [0.5, 0.6) is 0 Å². The molecular formula is C11H22O3. The van der Waals surface area contributed by atoms with E-state index in [0.717, 1.165) is 6.42 Å². The zero-order valence-electron chi connectivity index (χ0n) is 9.58. The average Bonchev–Trinajstić information content (AvgIpc) is 2.15. The standard InChI is InChI=1S/C11H22O3/c1-5-7-11(14,10(12)13)9(4)8(3)6-2/h8-9,14H,5-7H2,1-4H3,(H,12,13). The molecule has 0 saturated carbocycles. The fraction of sp³-hybridized carbons (Fsp3) is 0.909. The number of hydrogen-bond donors (Lipinski definition) is 2. The fourth-order valence-corrected chi connectivity index (χ4v) is 1.73. The molecule has 0 aromatic rings. The van der Waals surface area contributed by atoms with Gasteiger partial charge in [-0.3, -0.25) is 0 Å². The van der Waals surface area contributed by atoms with Crippen LogP contribution in [0.3, 0.4) is 0 Å². The van der Waals surface area contributed by atoms with E-state index in [1.165, 1.54) is 0 Å². The van der Waals surface area contributed by atoms with Gasteiger partial charge in [0.25, 0.3) is 0 Å². The van der Waals surface area contributed by atoms with Crippen molar-refractivity contribution in [2.24, 2.45) is 11.8 Å². The summed E-state index contributed by atoms with van der Waals surface area (Å²) in [6, 6.07) is 0. The SMILES string of the molecule is CCCC(O)(C(=O)O)C(C)C(C)CC. The monoisotopic (exact) mass is 202 g/mol. The van der Waals surface area contributed by atoms with Crippen LogP contribution in [0.25, 0.3) is 0 Å². The van der Waals surface area contributed by atoms with Crippen LogP contribution in [0.4, 0.5) is 0 Å². The molecule has 84 valence electrons. The van der Waals surface area contributed by atoms with Crippen LogP contribution in [0.1, 0.15) is 47.0 Å². The van der Waals surface area contributed by atoms with E-state index in [9.17, 15) is 9.90 Å². The van der Waals surface area contributed by atoms with Gasteiger partial charge in [-0.2, -0.15) is 0 Å². The number of carboxylic acid groups (broad SMARTS) is 1. The summed E-state index contributed by atoms with van der Waals surface area (Å²) >= 11 is 0. The first-order valence-electron chi connectivity index (χ1n) is 5.35. The van der Waals surface area contributed by atoms with Gasteiger partial charge in [-0.05, 0) is 18.3 Å². The lowest BCUT2D eigenvalue weighted by Crippen LogP contribution is -2.47. The summed E-state index contributed by atoms with van der Waals surface area (Å²) in [5.41, 5.74) is -1.55. The van der Waals surface area contributed by atoms with Gasteiger partial charge in [0.05, 0.1) is 0 Å². The first kappa shape index (κ1) is 13.4. The molecule has 0 aliphatic rings. The van der Waals surface area contributed by atoms with Crippen LogP contribution in [0.2, 0.25) is 0 Å².